The van der Waals surface area contributed by atoms with E-state index in [0.717, 1.165) is 28.1 Å². The molecule has 0 saturated heterocycles. The molecule has 27 heavy (non-hydrogen) atoms. The number of aryl methyl sites for hydroxylation is 1. The number of thiophene rings is 1. The van der Waals surface area contributed by atoms with Crippen LogP contribution in [0.4, 0.5) is 0 Å². The minimum atomic E-state index is -0.352. The van der Waals surface area contributed by atoms with Gasteiger partial charge in [0, 0.05) is 24.5 Å². The van der Waals surface area contributed by atoms with Crippen LogP contribution in [-0.4, -0.2) is 34.9 Å². The SMILES string of the molecule is Cc1c(CNCCN)sc2c1c(=O)n(C1(C)CC1)c(=O)n2CCOC(C)C. The summed E-state index contributed by atoms with van der Waals surface area (Å²) < 4.78 is 8.87. The van der Waals surface area contributed by atoms with Gasteiger partial charge in [0.2, 0.25) is 0 Å². The van der Waals surface area contributed by atoms with Crippen LogP contribution in [0.25, 0.3) is 10.2 Å². The Kier molecular flexibility index (Phi) is 5.90. The zero-order chi connectivity index (χ0) is 19.8. The fraction of sp³-hybridized carbons (Fsp3) is 0.684. The highest BCUT2D eigenvalue weighted by atomic mass is 32.1. The number of fused-ring (bicyclic) bond motifs is 1. The predicted octanol–water partition coefficient (Wildman–Crippen LogP) is 1.52. The molecule has 0 aliphatic heterocycles. The van der Waals surface area contributed by atoms with Gasteiger partial charge in [0.1, 0.15) is 4.83 Å². The summed E-state index contributed by atoms with van der Waals surface area (Å²) in [6.07, 6.45) is 1.83. The van der Waals surface area contributed by atoms with Gasteiger partial charge < -0.3 is 15.8 Å². The van der Waals surface area contributed by atoms with E-state index in [9.17, 15) is 9.59 Å². The van der Waals surface area contributed by atoms with Gasteiger partial charge in [-0.1, -0.05) is 0 Å². The molecule has 1 aliphatic carbocycles. The molecule has 7 nitrogen and oxygen atoms in total. The molecule has 0 atom stereocenters. The van der Waals surface area contributed by atoms with Gasteiger partial charge in [0.25, 0.3) is 5.56 Å². The second-order valence-corrected chi connectivity index (χ2v) is 8.87. The molecule has 0 amide bonds. The quantitative estimate of drug-likeness (QED) is 0.629. The average Bonchev–Trinajstić information content (AvgIpc) is 3.24. The van der Waals surface area contributed by atoms with E-state index in [-0.39, 0.29) is 22.9 Å². The standard InChI is InChI=1S/C19H30N4O3S/c1-12(2)26-10-9-22-17-15(13(3)14(27-17)11-21-8-7-20)16(24)23(18(22)25)19(4)5-6-19/h12,21H,5-11,20H2,1-4H3. The molecule has 2 aromatic rings. The second kappa shape index (κ2) is 7.87. The molecule has 1 aliphatic rings. The summed E-state index contributed by atoms with van der Waals surface area (Å²) in [5, 5.41) is 3.95. The van der Waals surface area contributed by atoms with Gasteiger partial charge in [-0.2, -0.15) is 0 Å². The fourth-order valence-corrected chi connectivity index (χ4v) is 4.61. The van der Waals surface area contributed by atoms with Crippen LogP contribution < -0.4 is 22.3 Å². The van der Waals surface area contributed by atoms with Crippen molar-refractivity contribution < 1.29 is 4.74 Å². The van der Waals surface area contributed by atoms with E-state index < -0.39 is 0 Å². The number of aromatic nitrogens is 2. The van der Waals surface area contributed by atoms with E-state index in [1.165, 1.54) is 15.9 Å². The number of nitrogens with zero attached hydrogens (tertiary/aromatic N) is 2. The summed E-state index contributed by atoms with van der Waals surface area (Å²) in [6.45, 7) is 10.7. The number of rotatable bonds is 9. The fourth-order valence-electron chi connectivity index (χ4n) is 3.32. The smallest absolute Gasteiger partial charge is 0.332 e. The normalized spacial score (nSPS) is 15.8. The highest BCUT2D eigenvalue weighted by Gasteiger charge is 2.43. The van der Waals surface area contributed by atoms with Crippen molar-refractivity contribution in [2.24, 2.45) is 5.73 Å². The number of ether oxygens (including phenoxy) is 1. The van der Waals surface area contributed by atoms with E-state index in [0.29, 0.717) is 38.2 Å². The van der Waals surface area contributed by atoms with E-state index >= 15 is 0 Å². The Hall–Kier alpha value is -1.48. The van der Waals surface area contributed by atoms with Gasteiger partial charge in [-0.15, -0.1) is 11.3 Å². The monoisotopic (exact) mass is 394 g/mol. The first-order valence-electron chi connectivity index (χ1n) is 9.61. The molecule has 0 spiro atoms. The Morgan fingerprint density at radius 2 is 2.04 bits per heavy atom. The van der Waals surface area contributed by atoms with Crippen LogP contribution in [0.2, 0.25) is 0 Å². The van der Waals surface area contributed by atoms with Crippen molar-refractivity contribution in [1.82, 2.24) is 14.5 Å². The summed E-state index contributed by atoms with van der Waals surface area (Å²) in [6, 6.07) is 0. The molecule has 150 valence electrons. The summed E-state index contributed by atoms with van der Waals surface area (Å²) >= 11 is 1.52. The van der Waals surface area contributed by atoms with Crippen molar-refractivity contribution >= 4 is 21.6 Å². The third kappa shape index (κ3) is 3.89. The Morgan fingerprint density at radius 1 is 1.33 bits per heavy atom. The maximum absolute atomic E-state index is 13.2. The van der Waals surface area contributed by atoms with E-state index in [1.807, 2.05) is 27.7 Å². The molecule has 0 unspecified atom stereocenters. The number of hydrogen-bond donors (Lipinski definition) is 2. The molecule has 8 heteroatoms. The van der Waals surface area contributed by atoms with Crippen molar-refractivity contribution in [3.05, 3.63) is 31.3 Å². The number of nitrogens with two attached hydrogens (primary N) is 1. The molecule has 1 fully saturated rings. The molecule has 0 radical (unpaired) electrons. The molecule has 3 rings (SSSR count). The van der Waals surface area contributed by atoms with Crippen LogP contribution in [0.15, 0.2) is 9.59 Å². The first-order chi connectivity index (χ1) is 12.8. The lowest BCUT2D eigenvalue weighted by Gasteiger charge is -2.17. The van der Waals surface area contributed by atoms with Crippen LogP contribution in [0.5, 0.6) is 0 Å². The largest absolute Gasteiger partial charge is 0.377 e. The molecule has 0 aromatic carbocycles. The maximum atomic E-state index is 13.2. The van der Waals surface area contributed by atoms with Gasteiger partial charge in [0.05, 0.1) is 30.2 Å². The van der Waals surface area contributed by atoms with Gasteiger partial charge in [-0.3, -0.25) is 13.9 Å². The minimum absolute atomic E-state index is 0.101. The van der Waals surface area contributed by atoms with Crippen molar-refractivity contribution in [3.8, 4) is 0 Å². The Bertz CT molecular complexity index is 937. The summed E-state index contributed by atoms with van der Waals surface area (Å²) in [4.78, 5) is 28.2. The van der Waals surface area contributed by atoms with Crippen molar-refractivity contribution in [2.75, 3.05) is 19.7 Å². The van der Waals surface area contributed by atoms with E-state index in [1.54, 1.807) is 4.57 Å². The van der Waals surface area contributed by atoms with Gasteiger partial charge >= 0.3 is 5.69 Å². The van der Waals surface area contributed by atoms with Gasteiger partial charge in [-0.05, 0) is 46.1 Å². The van der Waals surface area contributed by atoms with Crippen LogP contribution in [0.1, 0.15) is 44.1 Å². The molecular weight excluding hydrogens is 364 g/mol. The van der Waals surface area contributed by atoms with E-state index in [2.05, 4.69) is 5.32 Å². The van der Waals surface area contributed by atoms with Gasteiger partial charge in [0.15, 0.2) is 0 Å². The lowest BCUT2D eigenvalue weighted by molar-refractivity contribution is 0.0724. The Morgan fingerprint density at radius 3 is 2.63 bits per heavy atom. The first-order valence-corrected chi connectivity index (χ1v) is 10.4. The summed E-state index contributed by atoms with van der Waals surface area (Å²) in [5.74, 6) is 0. The van der Waals surface area contributed by atoms with Crippen LogP contribution in [-0.2, 0) is 23.4 Å². The van der Waals surface area contributed by atoms with Crippen LogP contribution in [0.3, 0.4) is 0 Å². The summed E-state index contributed by atoms with van der Waals surface area (Å²) in [5.41, 5.74) is 5.79. The average molecular weight is 395 g/mol. The molecule has 3 N–H and O–H groups in total. The van der Waals surface area contributed by atoms with E-state index in [4.69, 9.17) is 10.5 Å². The zero-order valence-electron chi connectivity index (χ0n) is 16.6. The second-order valence-electron chi connectivity index (χ2n) is 7.79. The molecular formula is C19H30N4O3S. The lowest BCUT2D eigenvalue weighted by Crippen LogP contribution is -2.45. The number of hydrogen-bond acceptors (Lipinski definition) is 6. The molecule has 1 saturated carbocycles. The molecule has 2 aromatic heterocycles. The third-order valence-electron chi connectivity index (χ3n) is 5.20. The first kappa shape index (κ1) is 20.3. The minimum Gasteiger partial charge on any atom is -0.377 e. The lowest BCUT2D eigenvalue weighted by atomic mass is 10.2. The zero-order valence-corrected chi connectivity index (χ0v) is 17.4. The van der Waals surface area contributed by atoms with Gasteiger partial charge in [-0.25, -0.2) is 4.79 Å². The predicted molar refractivity (Wildman–Crippen MR) is 110 cm³/mol. The third-order valence-corrected chi connectivity index (χ3v) is 6.51. The number of nitrogens with one attached hydrogen (secondary N) is 1. The summed E-state index contributed by atoms with van der Waals surface area (Å²) in [7, 11) is 0. The molecule has 0 bridgehead atoms. The van der Waals surface area contributed by atoms with Crippen LogP contribution >= 0.6 is 11.3 Å². The van der Waals surface area contributed by atoms with Crippen LogP contribution in [0, 0.1) is 6.92 Å². The van der Waals surface area contributed by atoms with Crippen molar-refractivity contribution in [3.63, 3.8) is 0 Å². The highest BCUT2D eigenvalue weighted by Crippen LogP contribution is 2.41. The van der Waals surface area contributed by atoms with Crippen molar-refractivity contribution in [2.45, 2.75) is 65.3 Å². The maximum Gasteiger partial charge on any atom is 0.332 e. The topological polar surface area (TPSA) is 91.3 Å². The Labute approximate surface area is 163 Å². The van der Waals surface area contributed by atoms with Crippen molar-refractivity contribution in [1.29, 1.82) is 0 Å². The Balaban J connectivity index is 2.13. The molecule has 2 heterocycles. The highest BCUT2D eigenvalue weighted by molar-refractivity contribution is 7.18.